The van der Waals surface area contributed by atoms with Crippen LogP contribution in [0.5, 0.6) is 0 Å². The van der Waals surface area contributed by atoms with E-state index in [0.29, 0.717) is 0 Å². The fraction of sp³-hybridized carbons (Fsp3) is 0.625. The molecule has 0 bridgehead atoms. The summed E-state index contributed by atoms with van der Waals surface area (Å²) in [6.45, 7) is 5.33. The lowest BCUT2D eigenvalue weighted by Gasteiger charge is -2.25. The van der Waals surface area contributed by atoms with Crippen LogP contribution in [0.1, 0.15) is 5.01 Å². The molecule has 1 aromatic heterocycles. The van der Waals surface area contributed by atoms with Crippen molar-refractivity contribution >= 4 is 22.9 Å². The van der Waals surface area contributed by atoms with Crippen LogP contribution >= 0.6 is 22.9 Å². The largest absolute Gasteiger partial charge is 0.314 e. The van der Waals surface area contributed by atoms with E-state index in [0.717, 1.165) is 42.1 Å². The zero-order valence-corrected chi connectivity index (χ0v) is 8.87. The number of thiazole rings is 1. The van der Waals surface area contributed by atoms with Crippen LogP contribution in [0.15, 0.2) is 6.20 Å². The van der Waals surface area contributed by atoms with Crippen molar-refractivity contribution in [3.05, 3.63) is 15.5 Å². The fourth-order valence-electron chi connectivity index (χ4n) is 1.42. The van der Waals surface area contributed by atoms with E-state index in [2.05, 4.69) is 15.2 Å². The Hall–Kier alpha value is -0.160. The van der Waals surface area contributed by atoms with Gasteiger partial charge in [-0.05, 0) is 0 Å². The summed E-state index contributed by atoms with van der Waals surface area (Å²) in [5, 5.41) is 4.44. The molecule has 0 aromatic carbocycles. The minimum absolute atomic E-state index is 0.783. The maximum atomic E-state index is 5.80. The highest BCUT2D eigenvalue weighted by molar-refractivity contribution is 7.15. The van der Waals surface area contributed by atoms with E-state index in [1.165, 1.54) is 0 Å². The van der Waals surface area contributed by atoms with E-state index in [4.69, 9.17) is 11.6 Å². The van der Waals surface area contributed by atoms with Gasteiger partial charge in [-0.25, -0.2) is 4.98 Å². The predicted molar refractivity (Wildman–Crippen MR) is 55.3 cm³/mol. The summed E-state index contributed by atoms with van der Waals surface area (Å²) < 4.78 is 0.783. The van der Waals surface area contributed by atoms with Crippen LogP contribution in [0.25, 0.3) is 0 Å². The van der Waals surface area contributed by atoms with Crippen LogP contribution in [0.2, 0.25) is 4.34 Å². The molecule has 1 saturated heterocycles. The van der Waals surface area contributed by atoms with Crippen LogP contribution in [-0.2, 0) is 6.54 Å². The highest BCUT2D eigenvalue weighted by Gasteiger charge is 2.11. The molecule has 0 amide bonds. The van der Waals surface area contributed by atoms with Crippen LogP contribution in [-0.4, -0.2) is 36.1 Å². The van der Waals surface area contributed by atoms with E-state index in [9.17, 15) is 0 Å². The van der Waals surface area contributed by atoms with E-state index in [1.807, 2.05) is 0 Å². The lowest BCUT2D eigenvalue weighted by molar-refractivity contribution is 0.233. The van der Waals surface area contributed by atoms with Gasteiger partial charge < -0.3 is 5.32 Å². The number of hydrogen-bond acceptors (Lipinski definition) is 4. The van der Waals surface area contributed by atoms with Gasteiger partial charge in [0.15, 0.2) is 0 Å². The van der Waals surface area contributed by atoms with Crippen LogP contribution in [0.3, 0.4) is 0 Å². The summed E-state index contributed by atoms with van der Waals surface area (Å²) in [6.07, 6.45) is 1.73. The maximum Gasteiger partial charge on any atom is 0.113 e. The smallest absolute Gasteiger partial charge is 0.113 e. The Morgan fingerprint density at radius 1 is 1.54 bits per heavy atom. The number of piperazine rings is 1. The molecule has 5 heteroatoms. The van der Waals surface area contributed by atoms with Gasteiger partial charge in [0.2, 0.25) is 0 Å². The highest BCUT2D eigenvalue weighted by atomic mass is 35.5. The van der Waals surface area contributed by atoms with Gasteiger partial charge in [0.05, 0.1) is 12.7 Å². The summed E-state index contributed by atoms with van der Waals surface area (Å²) >= 11 is 7.38. The highest BCUT2D eigenvalue weighted by Crippen LogP contribution is 2.19. The molecule has 0 atom stereocenters. The Balaban J connectivity index is 1.89. The number of aromatic nitrogens is 1. The number of halogens is 1. The molecule has 0 saturated carbocycles. The van der Waals surface area contributed by atoms with Gasteiger partial charge in [-0.15, -0.1) is 11.3 Å². The first-order valence-electron chi connectivity index (χ1n) is 4.38. The van der Waals surface area contributed by atoms with Crippen molar-refractivity contribution < 1.29 is 0 Å². The van der Waals surface area contributed by atoms with E-state index in [-0.39, 0.29) is 0 Å². The minimum Gasteiger partial charge on any atom is -0.314 e. The van der Waals surface area contributed by atoms with Gasteiger partial charge in [-0.2, -0.15) is 0 Å². The lowest BCUT2D eigenvalue weighted by Crippen LogP contribution is -2.42. The van der Waals surface area contributed by atoms with Crippen LogP contribution in [0.4, 0.5) is 0 Å². The predicted octanol–water partition coefficient (Wildman–Crippen LogP) is 1.20. The van der Waals surface area contributed by atoms with Crippen LogP contribution < -0.4 is 5.32 Å². The molecule has 3 nitrogen and oxygen atoms in total. The van der Waals surface area contributed by atoms with Crippen molar-refractivity contribution in [2.75, 3.05) is 26.2 Å². The Bertz CT molecular complexity index is 270. The molecule has 72 valence electrons. The van der Waals surface area contributed by atoms with Gasteiger partial charge in [0, 0.05) is 26.2 Å². The SMILES string of the molecule is Clc1cnc(CN2CCNCC2)s1. The molecule has 1 aliphatic rings. The molecular weight excluding hydrogens is 206 g/mol. The Labute approximate surface area is 86.7 Å². The van der Waals surface area contributed by atoms with Crippen molar-refractivity contribution in [2.45, 2.75) is 6.54 Å². The Kier molecular flexibility index (Phi) is 3.16. The van der Waals surface area contributed by atoms with Crippen molar-refractivity contribution in [3.8, 4) is 0 Å². The van der Waals surface area contributed by atoms with Gasteiger partial charge >= 0.3 is 0 Å². The average Bonchev–Trinajstić information content (AvgIpc) is 2.53. The first-order valence-corrected chi connectivity index (χ1v) is 5.57. The molecule has 1 fully saturated rings. The van der Waals surface area contributed by atoms with Crippen molar-refractivity contribution in [1.82, 2.24) is 15.2 Å². The summed E-state index contributed by atoms with van der Waals surface area (Å²) in [6, 6.07) is 0. The van der Waals surface area contributed by atoms with Gasteiger partial charge in [0.1, 0.15) is 9.34 Å². The Morgan fingerprint density at radius 2 is 2.31 bits per heavy atom. The van der Waals surface area contributed by atoms with Gasteiger partial charge in [-0.1, -0.05) is 11.6 Å². The molecule has 0 unspecified atom stereocenters. The van der Waals surface area contributed by atoms with Crippen LogP contribution in [0, 0.1) is 0 Å². The molecule has 1 aliphatic heterocycles. The minimum atomic E-state index is 0.783. The third-order valence-corrected chi connectivity index (χ3v) is 3.19. The summed E-state index contributed by atoms with van der Waals surface area (Å²) in [7, 11) is 0. The molecule has 1 aromatic rings. The summed E-state index contributed by atoms with van der Waals surface area (Å²) in [5.41, 5.74) is 0. The fourth-order valence-corrected chi connectivity index (χ4v) is 2.42. The first kappa shape index (κ1) is 9.40. The molecule has 2 heterocycles. The topological polar surface area (TPSA) is 28.2 Å². The second-order valence-corrected chi connectivity index (χ2v) is 4.83. The standard InChI is InChI=1S/C8H12ClN3S/c9-7-5-11-8(13-7)6-12-3-1-10-2-4-12/h5,10H,1-4,6H2. The van der Waals surface area contributed by atoms with E-state index >= 15 is 0 Å². The normalized spacial score (nSPS) is 19.2. The molecule has 0 spiro atoms. The van der Waals surface area contributed by atoms with E-state index < -0.39 is 0 Å². The second-order valence-electron chi connectivity index (χ2n) is 3.08. The first-order chi connectivity index (χ1) is 6.34. The monoisotopic (exact) mass is 217 g/mol. The van der Waals surface area contributed by atoms with Gasteiger partial charge in [-0.3, -0.25) is 4.90 Å². The molecule has 0 radical (unpaired) electrons. The second kappa shape index (κ2) is 4.37. The average molecular weight is 218 g/mol. The van der Waals surface area contributed by atoms with E-state index in [1.54, 1.807) is 17.5 Å². The molecule has 0 aliphatic carbocycles. The number of hydrogen-bond donors (Lipinski definition) is 1. The third kappa shape index (κ3) is 2.64. The molecule has 1 N–H and O–H groups in total. The zero-order chi connectivity index (χ0) is 9.10. The quantitative estimate of drug-likeness (QED) is 0.807. The van der Waals surface area contributed by atoms with Crippen molar-refractivity contribution in [1.29, 1.82) is 0 Å². The van der Waals surface area contributed by atoms with Gasteiger partial charge in [0.25, 0.3) is 0 Å². The lowest BCUT2D eigenvalue weighted by atomic mass is 10.4. The van der Waals surface area contributed by atoms with Crippen molar-refractivity contribution in [2.24, 2.45) is 0 Å². The molecule has 2 rings (SSSR count). The third-order valence-electron chi connectivity index (χ3n) is 2.09. The number of rotatable bonds is 2. The number of nitrogens with zero attached hydrogens (tertiary/aromatic N) is 2. The molecular formula is C8H12ClN3S. The zero-order valence-electron chi connectivity index (χ0n) is 7.29. The number of nitrogens with one attached hydrogen (secondary N) is 1. The summed E-state index contributed by atoms with van der Waals surface area (Å²) in [5.74, 6) is 0. The maximum absolute atomic E-state index is 5.80. The summed E-state index contributed by atoms with van der Waals surface area (Å²) in [4.78, 5) is 6.63. The molecule has 13 heavy (non-hydrogen) atoms. The Morgan fingerprint density at radius 3 is 2.92 bits per heavy atom. The van der Waals surface area contributed by atoms with Crippen molar-refractivity contribution in [3.63, 3.8) is 0 Å².